The van der Waals surface area contributed by atoms with Crippen molar-refractivity contribution in [1.29, 1.82) is 0 Å². The predicted octanol–water partition coefficient (Wildman–Crippen LogP) is 2.50. The second-order valence-corrected chi connectivity index (χ2v) is 4.67. The van der Waals surface area contributed by atoms with E-state index < -0.39 is 0 Å². The van der Waals surface area contributed by atoms with Crippen molar-refractivity contribution >= 4 is 5.91 Å². The first-order chi connectivity index (χ1) is 7.77. The second-order valence-electron chi connectivity index (χ2n) is 4.67. The summed E-state index contributed by atoms with van der Waals surface area (Å²) in [5.74, 6) is 0.480. The Kier molecular flexibility index (Phi) is 6.46. The fraction of sp³-hybridized carbons (Fsp3) is 0.923. The molecule has 0 spiro atoms. The Labute approximate surface area is 98.9 Å². The number of hydrogen-bond acceptors (Lipinski definition) is 2. The average Bonchev–Trinajstić information content (AvgIpc) is 2.30. The van der Waals surface area contributed by atoms with Crippen LogP contribution in [0.5, 0.6) is 0 Å². The van der Waals surface area contributed by atoms with Gasteiger partial charge in [-0.3, -0.25) is 4.79 Å². The summed E-state index contributed by atoms with van der Waals surface area (Å²) < 4.78 is 5.29. The summed E-state index contributed by atoms with van der Waals surface area (Å²) >= 11 is 0. The molecule has 0 aromatic carbocycles. The Morgan fingerprint density at radius 3 is 2.31 bits per heavy atom. The molecule has 1 aliphatic rings. The van der Waals surface area contributed by atoms with E-state index >= 15 is 0 Å². The van der Waals surface area contributed by atoms with E-state index in [9.17, 15) is 4.79 Å². The maximum Gasteiger partial charge on any atom is 0.223 e. The fourth-order valence-electron chi connectivity index (χ4n) is 2.26. The number of carbonyl (C=O) groups is 1. The minimum Gasteiger partial charge on any atom is -0.381 e. The first kappa shape index (κ1) is 13.5. The van der Waals surface area contributed by atoms with Gasteiger partial charge in [-0.1, -0.05) is 26.7 Å². The highest BCUT2D eigenvalue weighted by Gasteiger charge is 2.21. The van der Waals surface area contributed by atoms with Gasteiger partial charge in [-0.15, -0.1) is 0 Å². The molecular weight excluding hydrogens is 202 g/mol. The van der Waals surface area contributed by atoms with E-state index in [1.54, 1.807) is 0 Å². The molecule has 1 rings (SSSR count). The number of ether oxygens (including phenoxy) is 1. The van der Waals surface area contributed by atoms with Crippen molar-refractivity contribution in [2.24, 2.45) is 5.92 Å². The Balaban J connectivity index is 2.34. The van der Waals surface area contributed by atoms with E-state index in [-0.39, 0.29) is 11.8 Å². The van der Waals surface area contributed by atoms with Gasteiger partial charge in [0.15, 0.2) is 0 Å². The molecule has 3 nitrogen and oxygen atoms in total. The van der Waals surface area contributed by atoms with Crippen LogP contribution in [-0.2, 0) is 9.53 Å². The minimum atomic E-state index is 0.220. The predicted molar refractivity (Wildman–Crippen MR) is 65.3 cm³/mol. The highest BCUT2D eigenvalue weighted by molar-refractivity contribution is 5.78. The number of carbonyl (C=O) groups excluding carboxylic acids is 1. The molecule has 0 aliphatic carbocycles. The van der Waals surface area contributed by atoms with Crippen molar-refractivity contribution in [3.8, 4) is 0 Å². The third-order valence-electron chi connectivity index (χ3n) is 3.21. The summed E-state index contributed by atoms with van der Waals surface area (Å²) in [6, 6.07) is 0.345. The van der Waals surface area contributed by atoms with Crippen LogP contribution in [0.1, 0.15) is 52.4 Å². The average molecular weight is 227 g/mol. The van der Waals surface area contributed by atoms with Crippen LogP contribution in [0.25, 0.3) is 0 Å². The zero-order valence-corrected chi connectivity index (χ0v) is 10.6. The highest BCUT2D eigenvalue weighted by atomic mass is 16.5. The topological polar surface area (TPSA) is 38.3 Å². The van der Waals surface area contributed by atoms with Gasteiger partial charge in [0.1, 0.15) is 0 Å². The molecule has 94 valence electrons. The van der Waals surface area contributed by atoms with Crippen molar-refractivity contribution in [3.05, 3.63) is 0 Å². The lowest BCUT2D eigenvalue weighted by atomic mass is 9.96. The molecule has 1 amide bonds. The van der Waals surface area contributed by atoms with Crippen molar-refractivity contribution in [1.82, 2.24) is 5.32 Å². The minimum absolute atomic E-state index is 0.220. The maximum absolute atomic E-state index is 12.0. The molecule has 0 saturated carbocycles. The largest absolute Gasteiger partial charge is 0.381 e. The fourth-order valence-corrected chi connectivity index (χ4v) is 2.26. The molecule has 16 heavy (non-hydrogen) atoms. The number of rotatable bonds is 6. The van der Waals surface area contributed by atoms with Gasteiger partial charge in [-0.05, 0) is 25.7 Å². The molecule has 0 bridgehead atoms. The lowest BCUT2D eigenvalue weighted by molar-refractivity contribution is -0.126. The third kappa shape index (κ3) is 4.52. The van der Waals surface area contributed by atoms with E-state index in [0.29, 0.717) is 6.04 Å². The van der Waals surface area contributed by atoms with Gasteiger partial charge in [0.2, 0.25) is 5.91 Å². The van der Waals surface area contributed by atoms with Gasteiger partial charge < -0.3 is 10.1 Å². The third-order valence-corrected chi connectivity index (χ3v) is 3.21. The summed E-state index contributed by atoms with van der Waals surface area (Å²) in [5, 5.41) is 3.17. The summed E-state index contributed by atoms with van der Waals surface area (Å²) in [4.78, 5) is 12.0. The zero-order valence-electron chi connectivity index (χ0n) is 10.6. The molecule has 3 heteroatoms. The molecule has 0 atom stereocenters. The standard InChI is InChI=1S/C13H25NO2/c1-3-5-11(6-4-2)13(15)14-12-7-9-16-10-8-12/h11-12H,3-10H2,1-2H3,(H,14,15). The van der Waals surface area contributed by atoms with Crippen LogP contribution in [-0.4, -0.2) is 25.2 Å². The molecule has 1 heterocycles. The highest BCUT2D eigenvalue weighted by Crippen LogP contribution is 2.15. The first-order valence-electron chi connectivity index (χ1n) is 6.66. The second kappa shape index (κ2) is 7.66. The number of hydrogen-bond donors (Lipinski definition) is 1. The molecule has 1 saturated heterocycles. The Hall–Kier alpha value is -0.570. The van der Waals surface area contributed by atoms with E-state index in [4.69, 9.17) is 4.74 Å². The smallest absolute Gasteiger partial charge is 0.223 e. The number of amides is 1. The van der Waals surface area contributed by atoms with E-state index in [1.165, 1.54) is 0 Å². The van der Waals surface area contributed by atoms with Crippen molar-refractivity contribution in [3.63, 3.8) is 0 Å². The van der Waals surface area contributed by atoms with E-state index in [1.807, 2.05) is 0 Å². The molecule has 0 unspecified atom stereocenters. The summed E-state index contributed by atoms with van der Waals surface area (Å²) in [5.41, 5.74) is 0. The van der Waals surface area contributed by atoms with Gasteiger partial charge in [0.25, 0.3) is 0 Å². The van der Waals surface area contributed by atoms with Crippen molar-refractivity contribution in [2.75, 3.05) is 13.2 Å². The van der Waals surface area contributed by atoms with Gasteiger partial charge in [0.05, 0.1) is 0 Å². The Morgan fingerprint density at radius 2 is 1.81 bits per heavy atom. The van der Waals surface area contributed by atoms with Gasteiger partial charge in [-0.2, -0.15) is 0 Å². The van der Waals surface area contributed by atoms with Gasteiger partial charge in [0, 0.05) is 25.2 Å². The molecule has 1 aliphatic heterocycles. The zero-order chi connectivity index (χ0) is 11.8. The Morgan fingerprint density at radius 1 is 1.25 bits per heavy atom. The van der Waals surface area contributed by atoms with Crippen LogP contribution >= 0.6 is 0 Å². The van der Waals surface area contributed by atoms with Crippen LogP contribution in [0.3, 0.4) is 0 Å². The van der Waals surface area contributed by atoms with Crippen molar-refractivity contribution < 1.29 is 9.53 Å². The molecule has 0 aromatic heterocycles. The van der Waals surface area contributed by atoms with Crippen LogP contribution in [0, 0.1) is 5.92 Å². The SMILES string of the molecule is CCCC(CCC)C(=O)NC1CCOCC1. The molecule has 1 N–H and O–H groups in total. The first-order valence-corrected chi connectivity index (χ1v) is 6.66. The van der Waals surface area contributed by atoms with Crippen molar-refractivity contribution in [2.45, 2.75) is 58.4 Å². The monoisotopic (exact) mass is 227 g/mol. The van der Waals surface area contributed by atoms with Crippen LogP contribution in [0.4, 0.5) is 0 Å². The van der Waals surface area contributed by atoms with Crippen LogP contribution in [0.2, 0.25) is 0 Å². The van der Waals surface area contributed by atoms with Crippen LogP contribution < -0.4 is 5.32 Å². The quantitative estimate of drug-likeness (QED) is 0.757. The molecule has 1 fully saturated rings. The van der Waals surface area contributed by atoms with Crippen LogP contribution in [0.15, 0.2) is 0 Å². The molecule has 0 radical (unpaired) electrons. The summed E-state index contributed by atoms with van der Waals surface area (Å²) in [6.45, 7) is 5.86. The summed E-state index contributed by atoms with van der Waals surface area (Å²) in [7, 11) is 0. The lowest BCUT2D eigenvalue weighted by Gasteiger charge is -2.25. The normalized spacial score (nSPS) is 17.7. The van der Waals surface area contributed by atoms with Gasteiger partial charge >= 0.3 is 0 Å². The maximum atomic E-state index is 12.0. The lowest BCUT2D eigenvalue weighted by Crippen LogP contribution is -2.42. The molecular formula is C13H25NO2. The van der Waals surface area contributed by atoms with E-state index in [2.05, 4.69) is 19.2 Å². The number of nitrogens with one attached hydrogen (secondary N) is 1. The van der Waals surface area contributed by atoms with E-state index in [0.717, 1.165) is 51.7 Å². The Bertz CT molecular complexity index is 194. The summed E-state index contributed by atoms with van der Waals surface area (Å²) in [6.07, 6.45) is 6.15. The molecule has 0 aromatic rings. The van der Waals surface area contributed by atoms with Gasteiger partial charge in [-0.25, -0.2) is 0 Å².